The molecule has 1 aliphatic carbocycles. The van der Waals surface area contributed by atoms with Gasteiger partial charge in [0.15, 0.2) is 0 Å². The fraction of sp³-hybridized carbons (Fsp3) is 0.556. The molecular formula is C9H12F3N. The molecule has 0 radical (unpaired) electrons. The maximum Gasteiger partial charge on any atom is 0.389 e. The van der Waals surface area contributed by atoms with Gasteiger partial charge in [0, 0.05) is 12.1 Å². The van der Waals surface area contributed by atoms with Gasteiger partial charge in [0.25, 0.3) is 0 Å². The first kappa shape index (κ1) is 10.2. The van der Waals surface area contributed by atoms with E-state index in [0.29, 0.717) is 12.8 Å². The highest BCUT2D eigenvalue weighted by Crippen LogP contribution is 2.27. The standard InChI is InChI=1S/C9H12F3N/c10-9(11,12)6-5-7-1-3-8(13)4-2-7/h1,3H,2,4-6,13H2. The Kier molecular flexibility index (Phi) is 3.01. The number of alkyl halides is 3. The Morgan fingerprint density at radius 1 is 1.23 bits per heavy atom. The van der Waals surface area contributed by atoms with Crippen molar-refractivity contribution >= 4 is 0 Å². The second kappa shape index (κ2) is 3.85. The lowest BCUT2D eigenvalue weighted by Gasteiger charge is -2.12. The van der Waals surface area contributed by atoms with Crippen LogP contribution in [0.15, 0.2) is 23.4 Å². The molecule has 0 aliphatic heterocycles. The van der Waals surface area contributed by atoms with Crippen LogP contribution in [0.25, 0.3) is 0 Å². The summed E-state index contributed by atoms with van der Waals surface area (Å²) in [5.41, 5.74) is 7.06. The van der Waals surface area contributed by atoms with Crippen LogP contribution >= 0.6 is 0 Å². The molecule has 0 fully saturated rings. The lowest BCUT2D eigenvalue weighted by atomic mass is 9.99. The summed E-state index contributed by atoms with van der Waals surface area (Å²) in [5.74, 6) is 0. The zero-order valence-electron chi connectivity index (χ0n) is 7.19. The van der Waals surface area contributed by atoms with Crippen LogP contribution in [-0.2, 0) is 0 Å². The molecule has 0 saturated carbocycles. The number of nitrogens with two attached hydrogens (primary N) is 1. The van der Waals surface area contributed by atoms with Crippen LogP contribution in [0.3, 0.4) is 0 Å². The summed E-state index contributed by atoms with van der Waals surface area (Å²) in [6.45, 7) is 0. The second-order valence-corrected chi connectivity index (χ2v) is 3.18. The van der Waals surface area contributed by atoms with Crippen LogP contribution in [0.1, 0.15) is 25.7 Å². The first-order valence-corrected chi connectivity index (χ1v) is 4.18. The van der Waals surface area contributed by atoms with E-state index >= 15 is 0 Å². The summed E-state index contributed by atoms with van der Waals surface area (Å²) in [7, 11) is 0. The van der Waals surface area contributed by atoms with E-state index in [1.165, 1.54) is 0 Å². The molecule has 0 atom stereocenters. The minimum Gasteiger partial charge on any atom is -0.402 e. The molecule has 1 rings (SSSR count). The number of rotatable bonds is 2. The molecule has 0 amide bonds. The topological polar surface area (TPSA) is 26.0 Å². The molecule has 0 heterocycles. The van der Waals surface area contributed by atoms with Crippen molar-refractivity contribution in [2.45, 2.75) is 31.9 Å². The number of hydrogen-bond acceptors (Lipinski definition) is 1. The SMILES string of the molecule is NC1=CC=C(CCC(F)(F)F)CC1. The molecule has 13 heavy (non-hydrogen) atoms. The van der Waals surface area contributed by atoms with Crippen molar-refractivity contribution in [3.05, 3.63) is 23.4 Å². The third-order valence-electron chi connectivity index (χ3n) is 2.00. The van der Waals surface area contributed by atoms with E-state index in [0.717, 1.165) is 11.3 Å². The predicted octanol–water partition coefficient (Wildman–Crippen LogP) is 2.89. The number of halogens is 3. The van der Waals surface area contributed by atoms with Gasteiger partial charge in [-0.25, -0.2) is 0 Å². The zero-order chi connectivity index (χ0) is 9.90. The smallest absolute Gasteiger partial charge is 0.389 e. The Morgan fingerprint density at radius 3 is 2.38 bits per heavy atom. The van der Waals surface area contributed by atoms with Crippen molar-refractivity contribution in [3.8, 4) is 0 Å². The molecule has 0 aromatic heterocycles. The monoisotopic (exact) mass is 191 g/mol. The molecule has 1 aliphatic rings. The minimum absolute atomic E-state index is 0.104. The van der Waals surface area contributed by atoms with Crippen molar-refractivity contribution < 1.29 is 13.2 Å². The molecule has 0 aromatic carbocycles. The average Bonchev–Trinajstić information content (AvgIpc) is 2.02. The van der Waals surface area contributed by atoms with Crippen molar-refractivity contribution in [1.29, 1.82) is 0 Å². The summed E-state index contributed by atoms with van der Waals surface area (Å²) < 4.78 is 35.5. The second-order valence-electron chi connectivity index (χ2n) is 3.18. The largest absolute Gasteiger partial charge is 0.402 e. The predicted molar refractivity (Wildman–Crippen MR) is 44.9 cm³/mol. The molecule has 0 spiro atoms. The highest BCUT2D eigenvalue weighted by molar-refractivity contribution is 5.22. The van der Waals surface area contributed by atoms with Gasteiger partial charge in [-0.3, -0.25) is 0 Å². The van der Waals surface area contributed by atoms with Crippen molar-refractivity contribution in [3.63, 3.8) is 0 Å². The van der Waals surface area contributed by atoms with Gasteiger partial charge in [0.2, 0.25) is 0 Å². The van der Waals surface area contributed by atoms with Gasteiger partial charge in [0.05, 0.1) is 0 Å². The molecule has 4 heteroatoms. The summed E-state index contributed by atoms with van der Waals surface area (Å²) in [4.78, 5) is 0. The van der Waals surface area contributed by atoms with Crippen LogP contribution in [0.5, 0.6) is 0 Å². The summed E-state index contributed by atoms with van der Waals surface area (Å²) >= 11 is 0. The van der Waals surface area contributed by atoms with Crippen molar-refractivity contribution in [1.82, 2.24) is 0 Å². The first-order chi connectivity index (χ1) is 5.97. The van der Waals surface area contributed by atoms with E-state index in [1.54, 1.807) is 12.2 Å². The summed E-state index contributed by atoms with van der Waals surface area (Å²) in [6.07, 6.45) is 0.0648. The number of hydrogen-bond donors (Lipinski definition) is 1. The third-order valence-corrected chi connectivity index (χ3v) is 2.00. The van der Waals surface area contributed by atoms with E-state index in [9.17, 15) is 13.2 Å². The Balaban J connectivity index is 2.39. The van der Waals surface area contributed by atoms with Crippen molar-refractivity contribution in [2.24, 2.45) is 5.73 Å². The van der Waals surface area contributed by atoms with Crippen LogP contribution in [-0.4, -0.2) is 6.18 Å². The Hall–Kier alpha value is -0.930. The summed E-state index contributed by atoms with van der Waals surface area (Å²) in [6, 6.07) is 0. The van der Waals surface area contributed by atoms with E-state index in [4.69, 9.17) is 5.73 Å². The first-order valence-electron chi connectivity index (χ1n) is 4.18. The van der Waals surface area contributed by atoms with Crippen molar-refractivity contribution in [2.75, 3.05) is 0 Å². The molecule has 1 nitrogen and oxygen atoms in total. The maximum atomic E-state index is 11.8. The molecular weight excluding hydrogens is 179 g/mol. The quantitative estimate of drug-likeness (QED) is 0.713. The Bertz CT molecular complexity index is 238. The molecule has 0 aromatic rings. The van der Waals surface area contributed by atoms with Gasteiger partial charge >= 0.3 is 6.18 Å². The zero-order valence-corrected chi connectivity index (χ0v) is 7.19. The lowest BCUT2D eigenvalue weighted by molar-refractivity contribution is -0.134. The maximum absolute atomic E-state index is 11.8. The van der Waals surface area contributed by atoms with E-state index in [1.807, 2.05) is 0 Å². The van der Waals surface area contributed by atoms with Crippen LogP contribution in [0.2, 0.25) is 0 Å². The third kappa shape index (κ3) is 4.01. The highest BCUT2D eigenvalue weighted by Gasteiger charge is 2.26. The molecule has 0 bridgehead atoms. The average molecular weight is 191 g/mol. The Morgan fingerprint density at radius 2 is 1.92 bits per heavy atom. The van der Waals surface area contributed by atoms with E-state index in [-0.39, 0.29) is 6.42 Å². The van der Waals surface area contributed by atoms with Gasteiger partial charge in [-0.2, -0.15) is 13.2 Å². The molecule has 74 valence electrons. The van der Waals surface area contributed by atoms with E-state index in [2.05, 4.69) is 0 Å². The van der Waals surface area contributed by atoms with Crippen LogP contribution in [0.4, 0.5) is 13.2 Å². The summed E-state index contributed by atoms with van der Waals surface area (Å²) in [5, 5.41) is 0. The van der Waals surface area contributed by atoms with Gasteiger partial charge in [0.1, 0.15) is 0 Å². The fourth-order valence-corrected chi connectivity index (χ4v) is 1.21. The normalized spacial score (nSPS) is 18.1. The van der Waals surface area contributed by atoms with E-state index < -0.39 is 12.6 Å². The van der Waals surface area contributed by atoms with Crippen LogP contribution < -0.4 is 5.73 Å². The Labute approximate surface area is 75.1 Å². The number of allylic oxidation sites excluding steroid dienone is 4. The van der Waals surface area contributed by atoms with Gasteiger partial charge in [-0.05, 0) is 25.3 Å². The van der Waals surface area contributed by atoms with Gasteiger partial charge < -0.3 is 5.73 Å². The highest BCUT2D eigenvalue weighted by atomic mass is 19.4. The lowest BCUT2D eigenvalue weighted by Crippen LogP contribution is -2.08. The molecule has 2 N–H and O–H groups in total. The van der Waals surface area contributed by atoms with Crippen LogP contribution in [0, 0.1) is 0 Å². The van der Waals surface area contributed by atoms with Gasteiger partial charge in [-0.15, -0.1) is 0 Å². The fourth-order valence-electron chi connectivity index (χ4n) is 1.21. The molecule has 0 unspecified atom stereocenters. The molecule has 0 saturated heterocycles. The van der Waals surface area contributed by atoms with Gasteiger partial charge in [-0.1, -0.05) is 11.6 Å². The minimum atomic E-state index is -4.05.